The van der Waals surface area contributed by atoms with Crippen LogP contribution in [0.4, 0.5) is 0 Å². The highest BCUT2D eigenvalue weighted by molar-refractivity contribution is 14.1. The van der Waals surface area contributed by atoms with Crippen LogP contribution in [0.2, 0.25) is 5.02 Å². The Hall–Kier alpha value is -1.14. The molecule has 0 fully saturated rings. The van der Waals surface area contributed by atoms with E-state index in [0.717, 1.165) is 9.13 Å². The van der Waals surface area contributed by atoms with Gasteiger partial charge in [-0.25, -0.2) is 0 Å². The molecule has 1 heterocycles. The molecule has 0 spiro atoms. The van der Waals surface area contributed by atoms with Crippen LogP contribution in [0.15, 0.2) is 42.7 Å². The number of amides is 1. The van der Waals surface area contributed by atoms with Crippen LogP contribution in [0.5, 0.6) is 0 Å². The van der Waals surface area contributed by atoms with E-state index in [2.05, 4.69) is 32.9 Å². The van der Waals surface area contributed by atoms with Crippen molar-refractivity contribution in [2.75, 3.05) is 0 Å². The summed E-state index contributed by atoms with van der Waals surface area (Å²) in [6.07, 6.45) is 3.42. The van der Waals surface area contributed by atoms with Gasteiger partial charge in [-0.15, -0.1) is 0 Å². The van der Waals surface area contributed by atoms with Crippen LogP contribution >= 0.6 is 34.2 Å². The number of hydrogen-bond acceptors (Lipinski definition) is 2. The van der Waals surface area contributed by atoms with Crippen molar-refractivity contribution in [3.63, 3.8) is 0 Å². The Morgan fingerprint density at radius 3 is 2.63 bits per heavy atom. The molecule has 0 unspecified atom stereocenters. The molecule has 0 aliphatic carbocycles. The normalized spacial score (nSPS) is 11.9. The number of carbonyl (C=O) groups excluding carboxylic acids is 1. The lowest BCUT2D eigenvalue weighted by atomic mass is 10.1. The monoisotopic (exact) mass is 386 g/mol. The first-order valence-electron chi connectivity index (χ1n) is 5.74. The number of halogens is 2. The molecule has 98 valence electrons. The minimum Gasteiger partial charge on any atom is -0.346 e. The van der Waals surface area contributed by atoms with Gasteiger partial charge in [0.2, 0.25) is 0 Å². The highest BCUT2D eigenvalue weighted by atomic mass is 127. The molecule has 0 bridgehead atoms. The van der Waals surface area contributed by atoms with E-state index >= 15 is 0 Å². The topological polar surface area (TPSA) is 42.0 Å². The number of pyridine rings is 1. The van der Waals surface area contributed by atoms with Crippen LogP contribution < -0.4 is 5.32 Å². The number of hydrogen-bond donors (Lipinski definition) is 1. The number of benzene rings is 1. The first kappa shape index (κ1) is 14.3. The third kappa shape index (κ3) is 3.67. The van der Waals surface area contributed by atoms with Crippen molar-refractivity contribution < 1.29 is 4.79 Å². The summed E-state index contributed by atoms with van der Waals surface area (Å²) in [5, 5.41) is 3.60. The molecule has 1 amide bonds. The van der Waals surface area contributed by atoms with Crippen molar-refractivity contribution in [3.05, 3.63) is 62.4 Å². The Balaban J connectivity index is 2.11. The molecule has 1 N–H and O–H groups in total. The molecule has 2 rings (SSSR count). The quantitative estimate of drug-likeness (QED) is 0.815. The van der Waals surface area contributed by atoms with Gasteiger partial charge in [0.05, 0.1) is 11.1 Å². The summed E-state index contributed by atoms with van der Waals surface area (Å²) in [7, 11) is 0. The van der Waals surface area contributed by atoms with E-state index in [0.29, 0.717) is 10.6 Å². The van der Waals surface area contributed by atoms with Gasteiger partial charge in [0.1, 0.15) is 0 Å². The second kappa shape index (κ2) is 6.34. The summed E-state index contributed by atoms with van der Waals surface area (Å²) in [4.78, 5) is 16.1. The van der Waals surface area contributed by atoms with E-state index in [1.54, 1.807) is 30.6 Å². The molecule has 1 atom stereocenters. The second-order valence-corrected chi connectivity index (χ2v) is 5.67. The summed E-state index contributed by atoms with van der Waals surface area (Å²) in [5.41, 5.74) is 1.63. The van der Waals surface area contributed by atoms with E-state index < -0.39 is 0 Å². The van der Waals surface area contributed by atoms with E-state index in [4.69, 9.17) is 11.6 Å². The number of rotatable bonds is 3. The standard InChI is InChI=1S/C14H12ClIN2O/c1-9(10-4-6-17-7-5-10)18-14(19)11-2-3-12(15)13(16)8-11/h2-9H,1H3,(H,18,19)/t9-/m0/s1. The number of aromatic nitrogens is 1. The molecular weight excluding hydrogens is 375 g/mol. The summed E-state index contributed by atoms with van der Waals surface area (Å²) >= 11 is 8.05. The van der Waals surface area contributed by atoms with Crippen molar-refractivity contribution >= 4 is 40.1 Å². The van der Waals surface area contributed by atoms with Gasteiger partial charge in [-0.05, 0) is 65.4 Å². The number of carbonyl (C=O) groups is 1. The Labute approximate surface area is 130 Å². The van der Waals surface area contributed by atoms with Crippen molar-refractivity contribution in [3.8, 4) is 0 Å². The van der Waals surface area contributed by atoms with Gasteiger partial charge in [-0.3, -0.25) is 9.78 Å². The summed E-state index contributed by atoms with van der Waals surface area (Å²) < 4.78 is 0.864. The van der Waals surface area contributed by atoms with Gasteiger partial charge in [0, 0.05) is 21.5 Å². The van der Waals surface area contributed by atoms with Crippen LogP contribution in [0, 0.1) is 3.57 Å². The minimum atomic E-state index is -0.112. The molecule has 0 saturated heterocycles. The molecule has 1 aromatic heterocycles. The zero-order valence-electron chi connectivity index (χ0n) is 10.2. The third-order valence-electron chi connectivity index (χ3n) is 2.74. The van der Waals surface area contributed by atoms with Gasteiger partial charge in [-0.1, -0.05) is 11.6 Å². The van der Waals surface area contributed by atoms with E-state index in [9.17, 15) is 4.79 Å². The Morgan fingerprint density at radius 2 is 2.00 bits per heavy atom. The van der Waals surface area contributed by atoms with Gasteiger partial charge in [0.25, 0.3) is 5.91 Å². The van der Waals surface area contributed by atoms with Crippen LogP contribution in [-0.4, -0.2) is 10.9 Å². The lowest BCUT2D eigenvalue weighted by molar-refractivity contribution is 0.0940. The lowest BCUT2D eigenvalue weighted by Crippen LogP contribution is -2.26. The zero-order chi connectivity index (χ0) is 13.8. The predicted octanol–water partition coefficient (Wildman–Crippen LogP) is 3.83. The van der Waals surface area contributed by atoms with E-state index in [-0.39, 0.29) is 11.9 Å². The summed E-state index contributed by atoms with van der Waals surface area (Å²) in [6, 6.07) is 8.93. The van der Waals surface area contributed by atoms with Gasteiger partial charge in [0.15, 0.2) is 0 Å². The van der Waals surface area contributed by atoms with Crippen molar-refractivity contribution in [1.29, 1.82) is 0 Å². The molecule has 0 radical (unpaired) electrons. The predicted molar refractivity (Wildman–Crippen MR) is 84.3 cm³/mol. The molecule has 2 aromatic rings. The number of nitrogens with zero attached hydrogens (tertiary/aromatic N) is 1. The van der Waals surface area contributed by atoms with Crippen LogP contribution in [-0.2, 0) is 0 Å². The van der Waals surface area contributed by atoms with E-state index in [1.807, 2.05) is 19.1 Å². The largest absolute Gasteiger partial charge is 0.346 e. The van der Waals surface area contributed by atoms with Crippen LogP contribution in [0.25, 0.3) is 0 Å². The Morgan fingerprint density at radius 1 is 1.32 bits per heavy atom. The average molecular weight is 387 g/mol. The maximum absolute atomic E-state index is 12.1. The lowest BCUT2D eigenvalue weighted by Gasteiger charge is -2.14. The molecule has 0 aliphatic rings. The van der Waals surface area contributed by atoms with Gasteiger partial charge in [-0.2, -0.15) is 0 Å². The maximum atomic E-state index is 12.1. The molecule has 19 heavy (non-hydrogen) atoms. The highest BCUT2D eigenvalue weighted by Gasteiger charge is 2.12. The minimum absolute atomic E-state index is 0.0659. The van der Waals surface area contributed by atoms with Crippen molar-refractivity contribution in [1.82, 2.24) is 10.3 Å². The average Bonchev–Trinajstić information content (AvgIpc) is 2.42. The fourth-order valence-corrected chi connectivity index (χ4v) is 2.29. The molecule has 0 saturated carbocycles. The molecule has 0 aliphatic heterocycles. The van der Waals surface area contributed by atoms with E-state index in [1.165, 1.54) is 0 Å². The van der Waals surface area contributed by atoms with Crippen molar-refractivity contribution in [2.24, 2.45) is 0 Å². The van der Waals surface area contributed by atoms with Gasteiger partial charge < -0.3 is 5.32 Å². The summed E-state index contributed by atoms with van der Waals surface area (Å²) in [5.74, 6) is -0.112. The molecule has 3 nitrogen and oxygen atoms in total. The Kier molecular flexibility index (Phi) is 4.76. The molecule has 5 heteroatoms. The Bertz CT molecular complexity index is 589. The van der Waals surface area contributed by atoms with Crippen LogP contribution in [0.1, 0.15) is 28.9 Å². The smallest absolute Gasteiger partial charge is 0.251 e. The molecule has 1 aromatic carbocycles. The highest BCUT2D eigenvalue weighted by Crippen LogP contribution is 2.20. The fourth-order valence-electron chi connectivity index (χ4n) is 1.65. The maximum Gasteiger partial charge on any atom is 0.251 e. The zero-order valence-corrected chi connectivity index (χ0v) is 13.1. The third-order valence-corrected chi connectivity index (χ3v) is 4.28. The van der Waals surface area contributed by atoms with Crippen LogP contribution in [0.3, 0.4) is 0 Å². The van der Waals surface area contributed by atoms with Crippen molar-refractivity contribution in [2.45, 2.75) is 13.0 Å². The first-order chi connectivity index (χ1) is 9.08. The SMILES string of the molecule is C[C@H](NC(=O)c1ccc(Cl)c(I)c1)c1ccncc1. The molecular formula is C14H12ClIN2O. The second-order valence-electron chi connectivity index (χ2n) is 4.10. The fraction of sp³-hybridized carbons (Fsp3) is 0.143. The number of nitrogens with one attached hydrogen (secondary N) is 1. The van der Waals surface area contributed by atoms with Gasteiger partial charge >= 0.3 is 0 Å². The first-order valence-corrected chi connectivity index (χ1v) is 7.19. The summed E-state index contributed by atoms with van der Waals surface area (Å²) in [6.45, 7) is 1.94.